The molecule has 0 bridgehead atoms. The van der Waals surface area contributed by atoms with E-state index in [1.807, 2.05) is 25.1 Å². The summed E-state index contributed by atoms with van der Waals surface area (Å²) in [5.41, 5.74) is 4.15. The van der Waals surface area contributed by atoms with Gasteiger partial charge in [0.1, 0.15) is 0 Å². The predicted octanol–water partition coefficient (Wildman–Crippen LogP) is 4.55. The maximum absolute atomic E-state index is 13.1. The first-order valence-corrected chi connectivity index (χ1v) is 11.9. The summed E-state index contributed by atoms with van der Waals surface area (Å²) in [7, 11) is -3.58. The quantitative estimate of drug-likeness (QED) is 0.754. The molecule has 5 nitrogen and oxygen atoms in total. The standard InChI is InChI=1S/C23H30N2O3S/c1-4-18-10-9-11-19(5-2)22(18)24-23(26)21-16-20(13-12-17(21)3)29(27,28)25-14-7-6-8-15-25/h9-13,16H,4-8,14-15H2,1-3H3,(H,24,26). The van der Waals surface area contributed by atoms with Crippen LogP contribution in [0.15, 0.2) is 41.3 Å². The number of benzene rings is 2. The molecule has 2 aromatic carbocycles. The summed E-state index contributed by atoms with van der Waals surface area (Å²) >= 11 is 0. The Hall–Kier alpha value is -2.18. The number of sulfonamides is 1. The van der Waals surface area contributed by atoms with Crippen molar-refractivity contribution in [1.29, 1.82) is 0 Å². The Labute approximate surface area is 174 Å². The lowest BCUT2D eigenvalue weighted by Gasteiger charge is -2.26. The number of nitrogens with one attached hydrogen (secondary N) is 1. The molecule has 29 heavy (non-hydrogen) atoms. The normalized spacial score (nSPS) is 15.3. The molecular formula is C23H30N2O3S. The van der Waals surface area contributed by atoms with Crippen LogP contribution in [0.25, 0.3) is 0 Å². The number of para-hydroxylation sites is 1. The Kier molecular flexibility index (Phi) is 6.75. The Morgan fingerprint density at radius 3 is 2.21 bits per heavy atom. The average molecular weight is 415 g/mol. The zero-order chi connectivity index (χ0) is 21.0. The summed E-state index contributed by atoms with van der Waals surface area (Å²) in [6, 6.07) is 10.9. The number of aryl methyl sites for hydroxylation is 3. The number of anilines is 1. The molecule has 1 saturated heterocycles. The highest BCUT2D eigenvalue weighted by atomic mass is 32.2. The number of carbonyl (C=O) groups excluding carboxylic acids is 1. The molecule has 0 aliphatic carbocycles. The summed E-state index contributed by atoms with van der Waals surface area (Å²) in [5, 5.41) is 3.05. The lowest BCUT2D eigenvalue weighted by molar-refractivity contribution is 0.102. The monoisotopic (exact) mass is 414 g/mol. The van der Waals surface area contributed by atoms with Gasteiger partial charge in [0.05, 0.1) is 4.90 Å². The van der Waals surface area contributed by atoms with Gasteiger partial charge in [-0.15, -0.1) is 0 Å². The third-order valence-electron chi connectivity index (χ3n) is 5.64. The first kappa shape index (κ1) is 21.5. The molecule has 1 fully saturated rings. The fraction of sp³-hybridized carbons (Fsp3) is 0.435. The van der Waals surface area contributed by atoms with Crippen LogP contribution in [-0.2, 0) is 22.9 Å². The topological polar surface area (TPSA) is 66.5 Å². The number of carbonyl (C=O) groups is 1. The molecule has 1 aliphatic heterocycles. The second-order valence-corrected chi connectivity index (χ2v) is 9.49. The second kappa shape index (κ2) is 9.09. The lowest BCUT2D eigenvalue weighted by Crippen LogP contribution is -2.35. The Morgan fingerprint density at radius 1 is 1.00 bits per heavy atom. The molecule has 1 amide bonds. The minimum atomic E-state index is -3.58. The van der Waals surface area contributed by atoms with Gasteiger partial charge in [-0.1, -0.05) is 44.5 Å². The zero-order valence-corrected chi connectivity index (χ0v) is 18.3. The van der Waals surface area contributed by atoms with Crippen molar-refractivity contribution >= 4 is 21.6 Å². The van der Waals surface area contributed by atoms with Crippen LogP contribution in [0.2, 0.25) is 0 Å². The Balaban J connectivity index is 1.94. The molecule has 6 heteroatoms. The molecule has 0 aromatic heterocycles. The van der Waals surface area contributed by atoms with E-state index in [-0.39, 0.29) is 10.8 Å². The predicted molar refractivity (Wildman–Crippen MR) is 117 cm³/mol. The summed E-state index contributed by atoms with van der Waals surface area (Å²) in [5.74, 6) is -0.270. The minimum Gasteiger partial charge on any atom is -0.321 e. The summed E-state index contributed by atoms with van der Waals surface area (Å²) in [6.07, 6.45) is 4.44. The van der Waals surface area contributed by atoms with Crippen LogP contribution in [0.4, 0.5) is 5.69 Å². The molecule has 2 aromatic rings. The van der Waals surface area contributed by atoms with Crippen molar-refractivity contribution in [2.45, 2.75) is 57.8 Å². The van der Waals surface area contributed by atoms with Gasteiger partial charge in [-0.2, -0.15) is 4.31 Å². The van der Waals surface area contributed by atoms with Gasteiger partial charge < -0.3 is 5.32 Å². The molecule has 156 valence electrons. The first-order valence-electron chi connectivity index (χ1n) is 10.4. The van der Waals surface area contributed by atoms with Gasteiger partial charge in [0.2, 0.25) is 10.0 Å². The van der Waals surface area contributed by atoms with Crippen LogP contribution in [0.3, 0.4) is 0 Å². The van der Waals surface area contributed by atoms with E-state index in [2.05, 4.69) is 19.2 Å². The van der Waals surface area contributed by atoms with E-state index < -0.39 is 10.0 Å². The highest BCUT2D eigenvalue weighted by Crippen LogP contribution is 2.26. The van der Waals surface area contributed by atoms with Crippen molar-refractivity contribution in [1.82, 2.24) is 4.31 Å². The van der Waals surface area contributed by atoms with Gasteiger partial charge in [0, 0.05) is 24.3 Å². The van der Waals surface area contributed by atoms with Gasteiger partial charge >= 0.3 is 0 Å². The van der Waals surface area contributed by atoms with Gasteiger partial charge in [0.15, 0.2) is 0 Å². The fourth-order valence-corrected chi connectivity index (χ4v) is 5.39. The highest BCUT2D eigenvalue weighted by molar-refractivity contribution is 7.89. The molecule has 1 aliphatic rings. The van der Waals surface area contributed by atoms with Gasteiger partial charge in [-0.25, -0.2) is 8.42 Å². The SMILES string of the molecule is CCc1cccc(CC)c1NC(=O)c1cc(S(=O)(=O)N2CCCCC2)ccc1C. The molecular weight excluding hydrogens is 384 g/mol. The van der Waals surface area contributed by atoms with Crippen LogP contribution in [-0.4, -0.2) is 31.7 Å². The molecule has 1 heterocycles. The third-order valence-corrected chi connectivity index (χ3v) is 7.54. The Bertz CT molecular complexity index is 971. The molecule has 0 radical (unpaired) electrons. The smallest absolute Gasteiger partial charge is 0.255 e. The Morgan fingerprint density at radius 2 is 1.62 bits per heavy atom. The van der Waals surface area contributed by atoms with E-state index in [4.69, 9.17) is 0 Å². The molecule has 0 spiro atoms. The average Bonchev–Trinajstić information content (AvgIpc) is 2.74. The summed E-state index contributed by atoms with van der Waals surface area (Å²) in [6.45, 7) is 7.03. The van der Waals surface area contributed by atoms with Crippen LogP contribution < -0.4 is 5.32 Å². The first-order chi connectivity index (χ1) is 13.9. The maximum Gasteiger partial charge on any atom is 0.255 e. The van der Waals surface area contributed by atoms with Crippen molar-refractivity contribution in [3.05, 3.63) is 58.7 Å². The van der Waals surface area contributed by atoms with Crippen LogP contribution in [0.5, 0.6) is 0 Å². The number of piperidine rings is 1. The highest BCUT2D eigenvalue weighted by Gasteiger charge is 2.27. The van der Waals surface area contributed by atoms with Crippen LogP contribution in [0, 0.1) is 6.92 Å². The van der Waals surface area contributed by atoms with Gasteiger partial charge in [0.25, 0.3) is 5.91 Å². The van der Waals surface area contributed by atoms with E-state index in [0.29, 0.717) is 18.7 Å². The molecule has 1 N–H and O–H groups in total. The van der Waals surface area contributed by atoms with E-state index in [1.165, 1.54) is 10.4 Å². The number of nitrogens with zero attached hydrogens (tertiary/aromatic N) is 1. The van der Waals surface area contributed by atoms with Crippen LogP contribution in [0.1, 0.15) is 60.2 Å². The van der Waals surface area contributed by atoms with Crippen molar-refractivity contribution in [2.24, 2.45) is 0 Å². The van der Waals surface area contributed by atoms with Gasteiger partial charge in [-0.05, 0) is 61.4 Å². The van der Waals surface area contributed by atoms with E-state index >= 15 is 0 Å². The summed E-state index contributed by atoms with van der Waals surface area (Å²) < 4.78 is 27.6. The number of hydrogen-bond donors (Lipinski definition) is 1. The fourth-order valence-electron chi connectivity index (χ4n) is 3.84. The lowest BCUT2D eigenvalue weighted by atomic mass is 10.0. The van der Waals surface area contributed by atoms with E-state index in [1.54, 1.807) is 12.1 Å². The number of amides is 1. The molecule has 0 atom stereocenters. The van der Waals surface area contributed by atoms with Crippen molar-refractivity contribution in [3.63, 3.8) is 0 Å². The van der Waals surface area contributed by atoms with Crippen molar-refractivity contribution in [2.75, 3.05) is 18.4 Å². The third kappa shape index (κ3) is 4.54. The summed E-state index contributed by atoms with van der Waals surface area (Å²) in [4.78, 5) is 13.3. The number of rotatable bonds is 6. The molecule has 0 saturated carbocycles. The van der Waals surface area contributed by atoms with E-state index in [0.717, 1.165) is 54.5 Å². The second-order valence-electron chi connectivity index (χ2n) is 7.55. The van der Waals surface area contributed by atoms with Crippen LogP contribution >= 0.6 is 0 Å². The van der Waals surface area contributed by atoms with Gasteiger partial charge in [-0.3, -0.25) is 4.79 Å². The van der Waals surface area contributed by atoms with Crippen molar-refractivity contribution in [3.8, 4) is 0 Å². The zero-order valence-electron chi connectivity index (χ0n) is 17.5. The minimum absolute atomic E-state index is 0.189. The largest absolute Gasteiger partial charge is 0.321 e. The number of hydrogen-bond acceptors (Lipinski definition) is 3. The molecule has 0 unspecified atom stereocenters. The van der Waals surface area contributed by atoms with Crippen molar-refractivity contribution < 1.29 is 13.2 Å². The van der Waals surface area contributed by atoms with E-state index in [9.17, 15) is 13.2 Å². The maximum atomic E-state index is 13.1. The molecule has 3 rings (SSSR count).